The lowest BCUT2D eigenvalue weighted by Gasteiger charge is -2.30. The summed E-state index contributed by atoms with van der Waals surface area (Å²) in [6, 6.07) is -0.411. The number of esters is 1. The number of carbonyl (C=O) groups excluding carboxylic acids is 2. The monoisotopic (exact) mass is 459 g/mol. The van der Waals surface area contributed by atoms with Crippen LogP contribution in [0.25, 0.3) is 0 Å². The van der Waals surface area contributed by atoms with Crippen LogP contribution in [0.1, 0.15) is 20.3 Å². The Kier molecular flexibility index (Phi) is 6.37. The van der Waals surface area contributed by atoms with Gasteiger partial charge in [0.25, 0.3) is 15.9 Å². The van der Waals surface area contributed by atoms with Crippen LogP contribution in [-0.2, 0) is 34.2 Å². The number of rotatable bonds is 6. The molecule has 3 aliphatic rings. The van der Waals surface area contributed by atoms with Gasteiger partial charge in [0.1, 0.15) is 5.84 Å². The molecule has 0 saturated carbocycles. The van der Waals surface area contributed by atoms with Crippen molar-refractivity contribution in [3.05, 3.63) is 23.9 Å². The molecule has 0 aromatic carbocycles. The van der Waals surface area contributed by atoms with E-state index in [4.69, 9.17) is 4.74 Å². The van der Waals surface area contributed by atoms with Crippen molar-refractivity contribution in [2.45, 2.75) is 26.3 Å². The van der Waals surface area contributed by atoms with Crippen LogP contribution in [0.3, 0.4) is 0 Å². The third kappa shape index (κ3) is 5.48. The van der Waals surface area contributed by atoms with Crippen molar-refractivity contribution in [2.24, 2.45) is 10.3 Å². The van der Waals surface area contributed by atoms with Crippen molar-refractivity contribution in [2.75, 3.05) is 37.0 Å². The van der Waals surface area contributed by atoms with E-state index >= 15 is 0 Å². The number of nitrogens with zero attached hydrogens (tertiary/aromatic N) is 3. The van der Waals surface area contributed by atoms with Crippen molar-refractivity contribution >= 4 is 37.6 Å². The molecule has 1 atom stereocenters. The summed E-state index contributed by atoms with van der Waals surface area (Å²) in [6.45, 7) is 3.89. The van der Waals surface area contributed by atoms with Gasteiger partial charge in [0.05, 0.1) is 22.8 Å². The van der Waals surface area contributed by atoms with E-state index in [1.54, 1.807) is 0 Å². The van der Waals surface area contributed by atoms with Crippen LogP contribution in [0.4, 0.5) is 0 Å². The molecule has 0 N–H and O–H groups in total. The molecule has 3 aliphatic heterocycles. The molecule has 0 radical (unpaired) electrons. The molecule has 12 heteroatoms. The highest BCUT2D eigenvalue weighted by Crippen LogP contribution is 2.20. The normalized spacial score (nSPS) is 24.1. The van der Waals surface area contributed by atoms with E-state index in [1.165, 1.54) is 28.2 Å². The van der Waals surface area contributed by atoms with Gasteiger partial charge in [0, 0.05) is 25.3 Å². The second-order valence-corrected chi connectivity index (χ2v) is 11.9. The van der Waals surface area contributed by atoms with Gasteiger partial charge >= 0.3 is 5.97 Å². The summed E-state index contributed by atoms with van der Waals surface area (Å²) >= 11 is 0. The maximum Gasteiger partial charge on any atom is 0.340 e. The van der Waals surface area contributed by atoms with Crippen LogP contribution in [0.15, 0.2) is 28.3 Å². The first kappa shape index (κ1) is 22.5. The number of fused-ring (bicyclic) bond motifs is 1. The molecule has 166 valence electrons. The Morgan fingerprint density at radius 1 is 1.23 bits per heavy atom. The highest BCUT2D eigenvalue weighted by molar-refractivity contribution is 7.91. The third-order valence-electron chi connectivity index (χ3n) is 4.92. The first-order valence-corrected chi connectivity index (χ1v) is 13.0. The van der Waals surface area contributed by atoms with Gasteiger partial charge in [-0.25, -0.2) is 21.6 Å². The van der Waals surface area contributed by atoms with E-state index in [0.29, 0.717) is 13.0 Å². The zero-order chi connectivity index (χ0) is 22.1. The number of hydrogen-bond donors (Lipinski definition) is 0. The minimum absolute atomic E-state index is 0.0481. The van der Waals surface area contributed by atoms with E-state index in [9.17, 15) is 26.4 Å². The largest absolute Gasteiger partial charge is 0.452 e. The molecule has 1 fully saturated rings. The molecule has 1 amide bonds. The average Bonchev–Trinajstić information content (AvgIpc) is 3.02. The molecule has 0 aliphatic carbocycles. The van der Waals surface area contributed by atoms with Gasteiger partial charge in [-0.1, -0.05) is 13.8 Å². The zero-order valence-electron chi connectivity index (χ0n) is 16.9. The van der Waals surface area contributed by atoms with Crippen LogP contribution in [0.2, 0.25) is 0 Å². The number of sulfonamides is 1. The molecule has 0 aromatic heterocycles. The van der Waals surface area contributed by atoms with Gasteiger partial charge in [-0.2, -0.15) is 0 Å². The van der Waals surface area contributed by atoms with Crippen LogP contribution >= 0.6 is 0 Å². The van der Waals surface area contributed by atoms with Crippen LogP contribution in [0, 0.1) is 5.92 Å². The second-order valence-electron chi connectivity index (χ2n) is 7.92. The van der Waals surface area contributed by atoms with Gasteiger partial charge in [-0.05, 0) is 24.5 Å². The molecule has 0 aromatic rings. The van der Waals surface area contributed by atoms with Gasteiger partial charge in [-0.3, -0.25) is 4.79 Å². The third-order valence-corrected chi connectivity index (χ3v) is 7.83. The Labute approximate surface area is 176 Å². The number of amidine groups is 1. The summed E-state index contributed by atoms with van der Waals surface area (Å²) in [7, 11) is -6.65. The predicted octanol–water partition coefficient (Wildman–Crippen LogP) is -0.301. The second kappa shape index (κ2) is 8.50. The quantitative estimate of drug-likeness (QED) is 0.495. The average molecular weight is 460 g/mol. The molecule has 1 unspecified atom stereocenters. The number of sulfone groups is 1. The van der Waals surface area contributed by atoms with Crippen molar-refractivity contribution in [1.82, 2.24) is 9.80 Å². The Morgan fingerprint density at radius 3 is 2.60 bits per heavy atom. The predicted molar refractivity (Wildman–Crippen MR) is 110 cm³/mol. The van der Waals surface area contributed by atoms with Crippen LogP contribution in [-0.4, -0.2) is 87.3 Å². The maximum absolute atomic E-state index is 12.7. The van der Waals surface area contributed by atoms with E-state index in [0.717, 1.165) is 0 Å². The molecule has 3 rings (SSSR count). The molecule has 3 heterocycles. The molecular weight excluding hydrogens is 434 g/mol. The van der Waals surface area contributed by atoms with Crippen molar-refractivity contribution in [3.8, 4) is 0 Å². The first-order valence-electron chi connectivity index (χ1n) is 9.62. The summed E-state index contributed by atoms with van der Waals surface area (Å²) in [5.74, 6) is -0.999. The minimum Gasteiger partial charge on any atom is -0.452 e. The topological polar surface area (TPSA) is 130 Å². The maximum atomic E-state index is 12.7. The van der Waals surface area contributed by atoms with Gasteiger partial charge in [-0.15, -0.1) is 4.40 Å². The van der Waals surface area contributed by atoms with E-state index in [-0.39, 0.29) is 41.1 Å². The fourth-order valence-corrected chi connectivity index (χ4v) is 6.18. The van der Waals surface area contributed by atoms with Gasteiger partial charge in [0.15, 0.2) is 16.4 Å². The zero-order valence-corrected chi connectivity index (χ0v) is 18.5. The smallest absolute Gasteiger partial charge is 0.340 e. The summed E-state index contributed by atoms with van der Waals surface area (Å²) in [6.07, 6.45) is 4.61. The minimum atomic E-state index is -3.49. The fourth-order valence-electron chi connectivity index (χ4n) is 3.48. The molecule has 10 nitrogen and oxygen atoms in total. The summed E-state index contributed by atoms with van der Waals surface area (Å²) in [5, 5.41) is 0. The fraction of sp³-hybridized carbons (Fsp3) is 0.611. The highest BCUT2D eigenvalue weighted by Gasteiger charge is 2.35. The van der Waals surface area contributed by atoms with Crippen LogP contribution in [0.5, 0.6) is 0 Å². The number of amides is 1. The Hall–Kier alpha value is -2.21. The molecule has 0 bridgehead atoms. The summed E-state index contributed by atoms with van der Waals surface area (Å²) < 4.78 is 55.5. The number of ether oxygens (including phenoxy) is 1. The number of carbonyl (C=O) groups is 2. The van der Waals surface area contributed by atoms with E-state index < -0.39 is 44.4 Å². The SMILES string of the molecule is CC(C)CN(C(=O)COC(=O)C1=CN2CCS(=O)(=O)N=C2C=C1)C1CCS(=O)(=O)C1. The molecule has 1 saturated heterocycles. The van der Waals surface area contributed by atoms with Gasteiger partial charge < -0.3 is 14.5 Å². The van der Waals surface area contributed by atoms with Crippen molar-refractivity contribution < 1.29 is 31.2 Å². The lowest BCUT2D eigenvalue weighted by Crippen LogP contribution is -2.45. The lowest BCUT2D eigenvalue weighted by atomic mass is 10.1. The Bertz CT molecular complexity index is 1030. The summed E-state index contributed by atoms with van der Waals surface area (Å²) in [5.41, 5.74) is 0.167. The van der Waals surface area contributed by atoms with E-state index in [1.807, 2.05) is 13.8 Å². The van der Waals surface area contributed by atoms with Crippen molar-refractivity contribution in [1.29, 1.82) is 0 Å². The molecule has 0 spiro atoms. The Balaban J connectivity index is 1.62. The first-order chi connectivity index (χ1) is 14.0. The summed E-state index contributed by atoms with van der Waals surface area (Å²) in [4.78, 5) is 28.1. The Morgan fingerprint density at radius 2 is 1.97 bits per heavy atom. The van der Waals surface area contributed by atoms with E-state index in [2.05, 4.69) is 4.40 Å². The lowest BCUT2D eigenvalue weighted by molar-refractivity contribution is -0.150. The van der Waals surface area contributed by atoms with Crippen molar-refractivity contribution in [3.63, 3.8) is 0 Å². The van der Waals surface area contributed by atoms with Crippen LogP contribution < -0.4 is 0 Å². The molecule has 30 heavy (non-hydrogen) atoms. The van der Waals surface area contributed by atoms with Gasteiger partial charge in [0.2, 0.25) is 0 Å². The number of hydrogen-bond acceptors (Lipinski definition) is 8. The molecular formula is C18H25N3O7S2. The standard InChI is InChI=1S/C18H25N3O7S2/c1-13(2)9-21(15-5-7-29(24,25)12-15)17(22)11-28-18(23)14-3-4-16-19-30(26,27)8-6-20(16)10-14/h3-4,10,13,15H,5-9,11-12H2,1-2H3. The highest BCUT2D eigenvalue weighted by atomic mass is 32.2.